The maximum absolute atomic E-state index is 13.5. The number of halogens is 1. The zero-order chi connectivity index (χ0) is 13.8. The van der Waals surface area contributed by atoms with Crippen LogP contribution in [0.5, 0.6) is 11.6 Å². The predicted molar refractivity (Wildman–Crippen MR) is 70.4 cm³/mol. The van der Waals surface area contributed by atoms with E-state index in [4.69, 9.17) is 10.6 Å². The van der Waals surface area contributed by atoms with Crippen LogP contribution in [0.3, 0.4) is 0 Å². The number of rotatable bonds is 4. The highest BCUT2D eigenvalue weighted by Crippen LogP contribution is 2.25. The first-order valence-electron chi connectivity index (χ1n) is 5.88. The van der Waals surface area contributed by atoms with Gasteiger partial charge in [0, 0.05) is 12.0 Å². The molecule has 0 amide bonds. The molecule has 2 aromatic rings. The molecule has 0 atom stereocenters. The lowest BCUT2D eigenvalue weighted by molar-refractivity contribution is 0.423. The van der Waals surface area contributed by atoms with Crippen molar-refractivity contribution >= 4 is 5.82 Å². The van der Waals surface area contributed by atoms with Gasteiger partial charge >= 0.3 is 0 Å². The molecule has 5 nitrogen and oxygen atoms in total. The van der Waals surface area contributed by atoms with Gasteiger partial charge in [0.15, 0.2) is 11.6 Å². The third-order valence-electron chi connectivity index (χ3n) is 2.44. The van der Waals surface area contributed by atoms with Crippen molar-refractivity contribution in [2.45, 2.75) is 19.8 Å². The number of benzene rings is 1. The van der Waals surface area contributed by atoms with Gasteiger partial charge in [-0.2, -0.15) is 4.98 Å². The van der Waals surface area contributed by atoms with Crippen molar-refractivity contribution in [2.24, 2.45) is 5.84 Å². The van der Waals surface area contributed by atoms with Crippen LogP contribution in [0.1, 0.15) is 25.6 Å². The Morgan fingerprint density at radius 2 is 2.00 bits per heavy atom. The van der Waals surface area contributed by atoms with Crippen LogP contribution in [0.25, 0.3) is 0 Å². The summed E-state index contributed by atoms with van der Waals surface area (Å²) in [6.07, 6.45) is 0. The molecular formula is C13H15FN4O. The zero-order valence-electron chi connectivity index (χ0n) is 10.7. The summed E-state index contributed by atoms with van der Waals surface area (Å²) in [6, 6.07) is 7.64. The smallest absolute Gasteiger partial charge is 0.224 e. The van der Waals surface area contributed by atoms with E-state index >= 15 is 0 Å². The van der Waals surface area contributed by atoms with E-state index in [-0.39, 0.29) is 17.5 Å². The van der Waals surface area contributed by atoms with Gasteiger partial charge in [-0.05, 0) is 12.1 Å². The van der Waals surface area contributed by atoms with E-state index < -0.39 is 5.82 Å². The van der Waals surface area contributed by atoms with E-state index in [0.717, 1.165) is 0 Å². The van der Waals surface area contributed by atoms with Gasteiger partial charge in [-0.3, -0.25) is 0 Å². The second kappa shape index (κ2) is 5.62. The molecule has 0 fully saturated rings. The lowest BCUT2D eigenvalue weighted by Gasteiger charge is -2.10. The fourth-order valence-electron chi connectivity index (χ4n) is 1.47. The van der Waals surface area contributed by atoms with Gasteiger partial charge in [0.25, 0.3) is 0 Å². The van der Waals surface area contributed by atoms with Crippen LogP contribution in [-0.4, -0.2) is 9.97 Å². The zero-order valence-corrected chi connectivity index (χ0v) is 10.7. The van der Waals surface area contributed by atoms with Crippen molar-refractivity contribution < 1.29 is 9.13 Å². The molecule has 0 aliphatic carbocycles. The Morgan fingerprint density at radius 3 is 2.63 bits per heavy atom. The minimum atomic E-state index is -0.450. The lowest BCUT2D eigenvalue weighted by Crippen LogP contribution is -2.11. The second-order valence-electron chi connectivity index (χ2n) is 4.28. The Balaban J connectivity index is 2.34. The first kappa shape index (κ1) is 13.2. The van der Waals surface area contributed by atoms with Gasteiger partial charge in [0.05, 0.1) is 0 Å². The molecule has 0 radical (unpaired) electrons. The summed E-state index contributed by atoms with van der Waals surface area (Å²) in [5, 5.41) is 0. The van der Waals surface area contributed by atoms with Crippen LogP contribution in [0, 0.1) is 5.82 Å². The fraction of sp³-hybridized carbons (Fsp3) is 0.231. The number of para-hydroxylation sites is 1. The molecular weight excluding hydrogens is 247 g/mol. The Hall–Kier alpha value is -2.21. The van der Waals surface area contributed by atoms with Gasteiger partial charge in [-0.1, -0.05) is 26.0 Å². The summed E-state index contributed by atoms with van der Waals surface area (Å²) in [5.41, 5.74) is 2.44. The summed E-state index contributed by atoms with van der Waals surface area (Å²) < 4.78 is 18.9. The molecule has 6 heteroatoms. The van der Waals surface area contributed by atoms with Crippen molar-refractivity contribution in [3.8, 4) is 11.6 Å². The van der Waals surface area contributed by atoms with Crippen LogP contribution in [-0.2, 0) is 0 Å². The highest BCUT2D eigenvalue weighted by Gasteiger charge is 2.10. The van der Waals surface area contributed by atoms with Crippen molar-refractivity contribution in [1.82, 2.24) is 9.97 Å². The quantitative estimate of drug-likeness (QED) is 0.654. The molecule has 19 heavy (non-hydrogen) atoms. The number of nitrogens with zero attached hydrogens (tertiary/aromatic N) is 2. The maximum Gasteiger partial charge on any atom is 0.224 e. The van der Waals surface area contributed by atoms with Gasteiger partial charge in [0.1, 0.15) is 11.6 Å². The van der Waals surface area contributed by atoms with E-state index in [1.165, 1.54) is 18.2 Å². The monoisotopic (exact) mass is 262 g/mol. The highest BCUT2D eigenvalue weighted by molar-refractivity contribution is 5.39. The fourth-order valence-corrected chi connectivity index (χ4v) is 1.47. The topological polar surface area (TPSA) is 73.1 Å². The minimum Gasteiger partial charge on any atom is -0.436 e. The highest BCUT2D eigenvalue weighted by atomic mass is 19.1. The van der Waals surface area contributed by atoms with Crippen molar-refractivity contribution in [1.29, 1.82) is 0 Å². The first-order valence-corrected chi connectivity index (χ1v) is 5.88. The van der Waals surface area contributed by atoms with E-state index in [2.05, 4.69) is 15.4 Å². The van der Waals surface area contributed by atoms with Crippen LogP contribution >= 0.6 is 0 Å². The summed E-state index contributed by atoms with van der Waals surface area (Å²) in [7, 11) is 0. The van der Waals surface area contributed by atoms with Gasteiger partial charge < -0.3 is 10.2 Å². The number of nitrogens with two attached hydrogens (primary N) is 1. The number of nitrogen functional groups attached to an aromatic ring is 1. The summed E-state index contributed by atoms with van der Waals surface area (Å²) >= 11 is 0. The molecule has 0 spiro atoms. The summed E-state index contributed by atoms with van der Waals surface area (Å²) in [6.45, 7) is 3.89. The molecule has 0 bridgehead atoms. The molecule has 0 saturated carbocycles. The third-order valence-corrected chi connectivity index (χ3v) is 2.44. The Morgan fingerprint density at radius 1 is 1.26 bits per heavy atom. The van der Waals surface area contributed by atoms with E-state index in [9.17, 15) is 4.39 Å². The number of ether oxygens (including phenoxy) is 1. The molecule has 100 valence electrons. The molecule has 3 N–H and O–H groups in total. The number of hydrazine groups is 1. The van der Waals surface area contributed by atoms with Crippen LogP contribution in [0.15, 0.2) is 30.3 Å². The standard InChI is InChI=1S/C13H15FN4O/c1-8(2)13-16-11(18-15)7-12(17-13)19-10-6-4-3-5-9(10)14/h3-8H,15H2,1-2H3,(H,16,17,18). The minimum absolute atomic E-state index is 0.108. The Kier molecular flexibility index (Phi) is 3.91. The summed E-state index contributed by atoms with van der Waals surface area (Å²) in [4.78, 5) is 8.42. The van der Waals surface area contributed by atoms with Gasteiger partial charge in [-0.15, -0.1) is 0 Å². The average molecular weight is 262 g/mol. The molecule has 2 rings (SSSR count). The van der Waals surface area contributed by atoms with Gasteiger partial charge in [0.2, 0.25) is 5.88 Å². The van der Waals surface area contributed by atoms with Crippen LogP contribution in [0.4, 0.5) is 10.2 Å². The molecule has 1 heterocycles. The van der Waals surface area contributed by atoms with Crippen molar-refractivity contribution in [3.05, 3.63) is 42.0 Å². The number of aromatic nitrogens is 2. The van der Waals surface area contributed by atoms with Gasteiger partial charge in [-0.25, -0.2) is 15.2 Å². The molecule has 0 unspecified atom stereocenters. The van der Waals surface area contributed by atoms with Crippen molar-refractivity contribution in [3.63, 3.8) is 0 Å². The predicted octanol–water partition coefficient (Wildman–Crippen LogP) is 2.82. The van der Waals surface area contributed by atoms with E-state index in [0.29, 0.717) is 11.6 Å². The number of hydrogen-bond acceptors (Lipinski definition) is 5. The third kappa shape index (κ3) is 3.17. The summed E-state index contributed by atoms with van der Waals surface area (Å²) in [5.74, 6) is 6.35. The maximum atomic E-state index is 13.5. The SMILES string of the molecule is CC(C)c1nc(NN)cc(Oc2ccccc2F)n1. The molecule has 0 aliphatic rings. The largest absolute Gasteiger partial charge is 0.436 e. The molecule has 1 aromatic carbocycles. The lowest BCUT2D eigenvalue weighted by atomic mass is 10.2. The Bertz CT molecular complexity index is 574. The number of hydrogen-bond donors (Lipinski definition) is 2. The molecule has 1 aromatic heterocycles. The first-order chi connectivity index (χ1) is 9.10. The Labute approximate surface area is 110 Å². The number of nitrogens with one attached hydrogen (secondary N) is 1. The second-order valence-corrected chi connectivity index (χ2v) is 4.28. The van der Waals surface area contributed by atoms with E-state index in [1.807, 2.05) is 13.8 Å². The molecule has 0 aliphatic heterocycles. The van der Waals surface area contributed by atoms with E-state index in [1.54, 1.807) is 12.1 Å². The van der Waals surface area contributed by atoms with Crippen molar-refractivity contribution in [2.75, 3.05) is 5.43 Å². The average Bonchev–Trinajstić information content (AvgIpc) is 2.41. The number of anilines is 1. The van der Waals surface area contributed by atoms with Crippen LogP contribution < -0.4 is 16.0 Å². The molecule has 0 saturated heterocycles. The normalized spacial score (nSPS) is 10.6. The van der Waals surface area contributed by atoms with Crippen LogP contribution in [0.2, 0.25) is 0 Å².